The molecule has 1 aromatic carbocycles. The van der Waals surface area contributed by atoms with Gasteiger partial charge in [0, 0.05) is 6.08 Å². The summed E-state index contributed by atoms with van der Waals surface area (Å²) in [6, 6.07) is 6.13. The Morgan fingerprint density at radius 1 is 0.757 bits per heavy atom. The van der Waals surface area contributed by atoms with E-state index in [9.17, 15) is 24.0 Å². The number of ether oxygens (including phenoxy) is 5. The van der Waals surface area contributed by atoms with Gasteiger partial charge in [0.1, 0.15) is 17.6 Å². The fraction of sp³-hybridized carbons (Fsp3) is 0.500. The van der Waals surface area contributed by atoms with Gasteiger partial charge in [0.15, 0.2) is 0 Å². The van der Waals surface area contributed by atoms with Gasteiger partial charge in [-0.25, -0.2) is 9.59 Å². The van der Waals surface area contributed by atoms with E-state index in [2.05, 4.69) is 16.1 Å². The zero-order valence-electron chi connectivity index (χ0n) is 20.3. The van der Waals surface area contributed by atoms with E-state index in [1.54, 1.807) is 0 Å². The van der Waals surface area contributed by atoms with Crippen molar-refractivity contribution in [3.05, 3.63) is 36.9 Å². The van der Waals surface area contributed by atoms with Gasteiger partial charge < -0.3 is 28.8 Å². The van der Waals surface area contributed by atoms with Crippen LogP contribution in [0.3, 0.4) is 0 Å². The maximum absolute atomic E-state index is 12.5. The third kappa shape index (κ3) is 8.62. The molecule has 200 valence electrons. The van der Waals surface area contributed by atoms with Crippen molar-refractivity contribution < 1.29 is 52.8 Å². The van der Waals surface area contributed by atoms with Gasteiger partial charge in [0.05, 0.1) is 17.8 Å². The lowest BCUT2D eigenvalue weighted by molar-refractivity contribution is -0.148. The highest BCUT2D eigenvalue weighted by molar-refractivity contribution is 5.81. The molecule has 0 bridgehead atoms. The third-order valence-corrected chi connectivity index (χ3v) is 6.49. The van der Waals surface area contributed by atoms with Crippen molar-refractivity contribution in [3.63, 3.8) is 0 Å². The molecule has 0 spiro atoms. The molecule has 2 saturated carbocycles. The molecular formula is C26H30O11. The number of carbonyl (C=O) groups excluding carboxylic acids is 4. The zero-order chi connectivity index (χ0) is 26.8. The number of carboxylic acids is 1. The monoisotopic (exact) mass is 518 g/mol. The Kier molecular flexibility index (Phi) is 10.0. The van der Waals surface area contributed by atoms with Crippen LogP contribution in [0.2, 0.25) is 0 Å². The van der Waals surface area contributed by atoms with Crippen LogP contribution in [0, 0.1) is 17.8 Å². The molecule has 37 heavy (non-hydrogen) atoms. The number of hydrogen-bond donors (Lipinski definition) is 1. The van der Waals surface area contributed by atoms with Crippen LogP contribution in [-0.2, 0) is 33.4 Å². The Labute approximate surface area is 213 Å². The van der Waals surface area contributed by atoms with E-state index < -0.39 is 48.8 Å². The van der Waals surface area contributed by atoms with Crippen LogP contribution in [-0.4, -0.2) is 48.0 Å². The van der Waals surface area contributed by atoms with Crippen LogP contribution in [0.25, 0.3) is 0 Å². The molecule has 0 heterocycles. The van der Waals surface area contributed by atoms with Crippen LogP contribution in [0.4, 0.5) is 4.79 Å². The third-order valence-electron chi connectivity index (χ3n) is 6.49. The second-order valence-electron chi connectivity index (χ2n) is 8.97. The number of carbonyl (C=O) groups is 5. The van der Waals surface area contributed by atoms with Crippen LogP contribution >= 0.6 is 0 Å². The van der Waals surface area contributed by atoms with E-state index in [0.717, 1.165) is 6.08 Å². The van der Waals surface area contributed by atoms with Crippen molar-refractivity contribution in [1.29, 1.82) is 0 Å². The quantitative estimate of drug-likeness (QED) is 0.220. The van der Waals surface area contributed by atoms with Crippen LogP contribution in [0.15, 0.2) is 36.9 Å². The van der Waals surface area contributed by atoms with E-state index in [1.165, 1.54) is 24.3 Å². The molecular weight excluding hydrogens is 488 g/mol. The Balaban J connectivity index is 1.36. The summed E-state index contributed by atoms with van der Waals surface area (Å²) in [4.78, 5) is 58.5. The second kappa shape index (κ2) is 13.4. The molecule has 0 amide bonds. The van der Waals surface area contributed by atoms with Crippen molar-refractivity contribution in [2.75, 3.05) is 6.79 Å². The van der Waals surface area contributed by atoms with Crippen molar-refractivity contribution in [2.45, 2.75) is 57.5 Å². The number of carboxylic acid groups (broad SMARTS) is 1. The lowest BCUT2D eigenvalue weighted by Crippen LogP contribution is -2.30. The maximum Gasteiger partial charge on any atom is 0.511 e. The maximum atomic E-state index is 12.5. The molecule has 1 N–H and O–H groups in total. The summed E-state index contributed by atoms with van der Waals surface area (Å²) in [5.41, 5.74) is 0. The van der Waals surface area contributed by atoms with Crippen LogP contribution < -0.4 is 9.47 Å². The first kappa shape index (κ1) is 27.7. The summed E-state index contributed by atoms with van der Waals surface area (Å²) in [5, 5.41) is 9.07. The average molecular weight is 519 g/mol. The lowest BCUT2D eigenvalue weighted by atomic mass is 9.82. The summed E-state index contributed by atoms with van der Waals surface area (Å²) in [5.74, 6) is -2.82. The van der Waals surface area contributed by atoms with Crippen molar-refractivity contribution in [3.8, 4) is 11.5 Å². The molecule has 2 aliphatic rings. The first-order valence-electron chi connectivity index (χ1n) is 12.1. The van der Waals surface area contributed by atoms with Crippen LogP contribution in [0.5, 0.6) is 11.5 Å². The van der Waals surface area contributed by atoms with E-state index in [-0.39, 0.29) is 11.8 Å². The van der Waals surface area contributed by atoms with Gasteiger partial charge in [0.2, 0.25) is 6.79 Å². The van der Waals surface area contributed by atoms with Gasteiger partial charge in [-0.05, 0) is 75.6 Å². The predicted octanol–water partition coefficient (Wildman–Crippen LogP) is 3.79. The highest BCUT2D eigenvalue weighted by Gasteiger charge is 2.32. The van der Waals surface area contributed by atoms with Gasteiger partial charge in [-0.15, -0.1) is 0 Å². The number of benzene rings is 1. The Morgan fingerprint density at radius 3 is 1.68 bits per heavy atom. The molecule has 0 atom stereocenters. The molecule has 2 aliphatic carbocycles. The Bertz CT molecular complexity index is 984. The van der Waals surface area contributed by atoms with Crippen molar-refractivity contribution in [1.82, 2.24) is 0 Å². The van der Waals surface area contributed by atoms with Gasteiger partial charge in [0.25, 0.3) is 0 Å². The molecule has 0 unspecified atom stereocenters. The average Bonchev–Trinajstić information content (AvgIpc) is 2.90. The number of aliphatic carboxylic acids is 1. The molecule has 0 aliphatic heterocycles. The Hall–Kier alpha value is -3.89. The van der Waals surface area contributed by atoms with E-state index in [0.29, 0.717) is 62.9 Å². The lowest BCUT2D eigenvalue weighted by Gasteiger charge is -2.26. The topological polar surface area (TPSA) is 152 Å². The van der Waals surface area contributed by atoms with Crippen LogP contribution in [0.1, 0.15) is 51.4 Å². The zero-order valence-corrected chi connectivity index (χ0v) is 20.3. The molecule has 0 radical (unpaired) electrons. The van der Waals surface area contributed by atoms with Crippen molar-refractivity contribution in [2.24, 2.45) is 17.8 Å². The summed E-state index contributed by atoms with van der Waals surface area (Å²) in [6.45, 7) is 2.65. The van der Waals surface area contributed by atoms with E-state index in [4.69, 9.17) is 19.3 Å². The number of rotatable bonds is 9. The molecule has 0 saturated heterocycles. The van der Waals surface area contributed by atoms with Gasteiger partial charge >= 0.3 is 30.0 Å². The number of esters is 3. The summed E-state index contributed by atoms with van der Waals surface area (Å²) < 4.78 is 25.2. The van der Waals surface area contributed by atoms with Crippen molar-refractivity contribution >= 4 is 30.0 Å². The van der Waals surface area contributed by atoms with Gasteiger partial charge in [-0.1, -0.05) is 6.58 Å². The van der Waals surface area contributed by atoms with Gasteiger partial charge in [-0.2, -0.15) is 0 Å². The first-order valence-corrected chi connectivity index (χ1v) is 12.1. The van der Waals surface area contributed by atoms with E-state index >= 15 is 0 Å². The molecule has 1 aromatic rings. The minimum atomic E-state index is -0.961. The standard InChI is InChI=1S/C26H30O11/c1-2-22(27)33-15-34-26(32)37-21-9-7-18(8-10-21)25(31)36-20-13-11-19(12-14-20)35-24(30)17-5-3-16(4-6-17)23(28)29/h2,11-14,16-18,21H,1,3-10,15H2,(H,28,29). The molecule has 3 rings (SSSR count). The highest BCUT2D eigenvalue weighted by Crippen LogP contribution is 2.31. The molecule has 2 fully saturated rings. The SMILES string of the molecule is C=CC(=O)OCOC(=O)OC1CCC(C(=O)Oc2ccc(OC(=O)C3CCC(C(=O)O)CC3)cc2)CC1. The largest absolute Gasteiger partial charge is 0.511 e. The minimum absolute atomic E-state index is 0.308. The molecule has 11 nitrogen and oxygen atoms in total. The summed E-state index contributed by atoms with van der Waals surface area (Å²) >= 11 is 0. The first-order chi connectivity index (χ1) is 17.7. The normalized spacial score (nSPS) is 23.1. The molecule has 0 aromatic heterocycles. The summed E-state index contributed by atoms with van der Waals surface area (Å²) in [7, 11) is 0. The fourth-order valence-corrected chi connectivity index (χ4v) is 4.33. The Morgan fingerprint density at radius 2 is 1.22 bits per heavy atom. The highest BCUT2D eigenvalue weighted by atomic mass is 16.8. The van der Waals surface area contributed by atoms with Gasteiger partial charge in [-0.3, -0.25) is 14.4 Å². The fourth-order valence-electron chi connectivity index (χ4n) is 4.33. The van der Waals surface area contributed by atoms with E-state index in [1.807, 2.05) is 0 Å². The minimum Gasteiger partial charge on any atom is -0.481 e. The molecule has 11 heteroatoms. The predicted molar refractivity (Wildman–Crippen MR) is 125 cm³/mol. The summed E-state index contributed by atoms with van der Waals surface area (Å²) in [6.07, 6.45) is 3.24. The number of hydrogen-bond acceptors (Lipinski definition) is 10. The smallest absolute Gasteiger partial charge is 0.481 e. The second-order valence-corrected chi connectivity index (χ2v) is 8.97.